The third-order valence-corrected chi connectivity index (χ3v) is 2.93. The molecule has 0 aliphatic carbocycles. The fourth-order valence-electron chi connectivity index (χ4n) is 1.94. The van der Waals surface area contributed by atoms with Crippen molar-refractivity contribution < 1.29 is 18.3 Å². The first-order valence-corrected chi connectivity index (χ1v) is 5.49. The van der Waals surface area contributed by atoms with Gasteiger partial charge in [0.25, 0.3) is 0 Å². The van der Waals surface area contributed by atoms with Crippen LogP contribution in [0.15, 0.2) is 11.6 Å². The van der Waals surface area contributed by atoms with E-state index in [-0.39, 0.29) is 0 Å². The molecule has 1 fully saturated rings. The molecule has 0 radical (unpaired) electrons. The molecule has 1 atom stereocenters. The van der Waals surface area contributed by atoms with Crippen LogP contribution in [-0.2, 0) is 0 Å². The Morgan fingerprint density at radius 1 is 1.44 bits per heavy atom. The lowest BCUT2D eigenvalue weighted by Crippen LogP contribution is -2.43. The van der Waals surface area contributed by atoms with Crippen molar-refractivity contribution in [3.63, 3.8) is 0 Å². The van der Waals surface area contributed by atoms with Crippen LogP contribution in [0.5, 0.6) is 0 Å². The highest BCUT2D eigenvalue weighted by Gasteiger charge is 2.44. The zero-order valence-corrected chi connectivity index (χ0v) is 9.56. The van der Waals surface area contributed by atoms with E-state index in [4.69, 9.17) is 16.7 Å². The van der Waals surface area contributed by atoms with Crippen LogP contribution < -0.4 is 0 Å². The van der Waals surface area contributed by atoms with Crippen molar-refractivity contribution in [3.8, 4) is 0 Å². The lowest BCUT2D eigenvalue weighted by Gasteiger charge is -2.34. The second kappa shape index (κ2) is 5.38. The van der Waals surface area contributed by atoms with E-state index in [0.29, 0.717) is 37.5 Å². The Bertz CT molecular complexity index is 249. The molecule has 1 saturated heterocycles. The van der Waals surface area contributed by atoms with Gasteiger partial charge in [0.2, 0.25) is 0 Å². The van der Waals surface area contributed by atoms with Crippen LogP contribution in [0.2, 0.25) is 0 Å². The fourth-order valence-corrected chi connectivity index (χ4v) is 2.11. The third kappa shape index (κ3) is 3.96. The zero-order chi connectivity index (χ0) is 12.3. The van der Waals surface area contributed by atoms with E-state index < -0.39 is 18.2 Å². The number of rotatable bonds is 3. The number of likely N-dealkylation sites (tertiary alicyclic amines) is 1. The number of hydrogen-bond acceptors (Lipinski definition) is 2. The maximum Gasteiger partial charge on any atom is 0.414 e. The Hall–Kier alpha value is -0.260. The van der Waals surface area contributed by atoms with Crippen LogP contribution in [0.3, 0.4) is 0 Å². The molecule has 6 heteroatoms. The number of piperidine rings is 1. The summed E-state index contributed by atoms with van der Waals surface area (Å²) in [6.07, 6.45) is -6.03. The normalized spacial score (nSPS) is 22.1. The number of halogens is 4. The van der Waals surface area contributed by atoms with E-state index in [1.54, 1.807) is 0 Å². The molecule has 0 aromatic rings. The molecule has 16 heavy (non-hydrogen) atoms. The van der Waals surface area contributed by atoms with Gasteiger partial charge in [0.15, 0.2) is 6.10 Å². The Labute approximate surface area is 97.7 Å². The van der Waals surface area contributed by atoms with Crippen molar-refractivity contribution in [2.45, 2.75) is 25.1 Å². The average molecular weight is 258 g/mol. The van der Waals surface area contributed by atoms with Gasteiger partial charge in [-0.2, -0.15) is 13.2 Å². The van der Waals surface area contributed by atoms with E-state index in [1.807, 2.05) is 4.90 Å². The van der Waals surface area contributed by atoms with Crippen LogP contribution >= 0.6 is 11.6 Å². The summed E-state index contributed by atoms with van der Waals surface area (Å²) in [6.45, 7) is 5.07. The Morgan fingerprint density at radius 2 is 1.94 bits per heavy atom. The molecule has 0 saturated carbocycles. The molecule has 2 nitrogen and oxygen atoms in total. The van der Waals surface area contributed by atoms with Crippen LogP contribution in [0, 0.1) is 5.92 Å². The molecule has 0 spiro atoms. The minimum atomic E-state index is -4.51. The van der Waals surface area contributed by atoms with E-state index in [1.165, 1.54) is 0 Å². The van der Waals surface area contributed by atoms with E-state index in [0.717, 1.165) is 0 Å². The summed E-state index contributed by atoms with van der Waals surface area (Å²) in [6, 6.07) is 0. The maximum atomic E-state index is 12.2. The SMILES string of the molecule is C=C(Cl)CN1CCC(C(O)C(F)(F)F)CC1. The number of aliphatic hydroxyl groups is 1. The third-order valence-electron chi connectivity index (χ3n) is 2.81. The lowest BCUT2D eigenvalue weighted by atomic mass is 9.91. The quantitative estimate of drug-likeness (QED) is 0.839. The second-order valence-corrected chi connectivity index (χ2v) is 4.65. The minimum absolute atomic E-state index is 0.338. The van der Waals surface area contributed by atoms with Crippen molar-refractivity contribution in [2.24, 2.45) is 5.92 Å². The smallest absolute Gasteiger partial charge is 0.383 e. The molecule has 1 aliphatic rings. The number of alkyl halides is 3. The molecule has 0 amide bonds. The van der Waals surface area contributed by atoms with Gasteiger partial charge in [-0.25, -0.2) is 0 Å². The first kappa shape index (κ1) is 13.8. The van der Waals surface area contributed by atoms with Crippen molar-refractivity contribution in [3.05, 3.63) is 11.6 Å². The van der Waals surface area contributed by atoms with E-state index >= 15 is 0 Å². The molecule has 0 aromatic carbocycles. The summed E-state index contributed by atoms with van der Waals surface area (Å²) >= 11 is 5.62. The molecular formula is C10H15ClF3NO. The summed E-state index contributed by atoms with van der Waals surface area (Å²) in [5, 5.41) is 9.57. The number of hydrogen-bond donors (Lipinski definition) is 1. The van der Waals surface area contributed by atoms with Gasteiger partial charge < -0.3 is 5.11 Å². The molecular weight excluding hydrogens is 243 g/mol. The van der Waals surface area contributed by atoms with Gasteiger partial charge in [-0.05, 0) is 31.8 Å². The van der Waals surface area contributed by atoms with E-state index in [2.05, 4.69) is 6.58 Å². The molecule has 0 bridgehead atoms. The Morgan fingerprint density at radius 3 is 2.31 bits per heavy atom. The van der Waals surface area contributed by atoms with Gasteiger partial charge in [-0.15, -0.1) is 0 Å². The molecule has 1 heterocycles. The van der Waals surface area contributed by atoms with Crippen molar-refractivity contribution >= 4 is 11.6 Å². The van der Waals surface area contributed by atoms with Gasteiger partial charge in [0.05, 0.1) is 0 Å². The average Bonchev–Trinajstić information content (AvgIpc) is 2.15. The van der Waals surface area contributed by atoms with Crippen molar-refractivity contribution in [2.75, 3.05) is 19.6 Å². The van der Waals surface area contributed by atoms with Gasteiger partial charge >= 0.3 is 6.18 Å². The number of aliphatic hydroxyl groups excluding tert-OH is 1. The number of nitrogens with zero attached hydrogens (tertiary/aromatic N) is 1. The largest absolute Gasteiger partial charge is 0.414 e. The summed E-state index contributed by atoms with van der Waals surface area (Å²) in [5.41, 5.74) is 0. The fraction of sp³-hybridized carbons (Fsp3) is 0.800. The summed E-state index contributed by atoms with van der Waals surface area (Å²) in [4.78, 5) is 1.94. The predicted molar refractivity (Wildman–Crippen MR) is 56.2 cm³/mol. The van der Waals surface area contributed by atoms with Crippen LogP contribution in [-0.4, -0.2) is 41.9 Å². The monoisotopic (exact) mass is 257 g/mol. The second-order valence-electron chi connectivity index (χ2n) is 4.12. The van der Waals surface area contributed by atoms with Gasteiger partial charge in [0, 0.05) is 11.6 Å². The first-order chi connectivity index (χ1) is 7.30. The maximum absolute atomic E-state index is 12.2. The zero-order valence-electron chi connectivity index (χ0n) is 8.80. The highest BCUT2D eigenvalue weighted by atomic mass is 35.5. The van der Waals surface area contributed by atoms with Crippen molar-refractivity contribution in [1.29, 1.82) is 0 Å². The lowest BCUT2D eigenvalue weighted by molar-refractivity contribution is -0.222. The topological polar surface area (TPSA) is 23.5 Å². The molecule has 94 valence electrons. The van der Waals surface area contributed by atoms with Gasteiger partial charge in [-0.3, -0.25) is 4.90 Å². The van der Waals surface area contributed by atoms with Gasteiger partial charge in [0.1, 0.15) is 0 Å². The molecule has 1 unspecified atom stereocenters. The highest BCUT2D eigenvalue weighted by molar-refractivity contribution is 6.29. The summed E-state index contributed by atoms with van der Waals surface area (Å²) in [5.74, 6) is -0.695. The molecule has 0 aromatic heterocycles. The summed E-state index contributed by atoms with van der Waals surface area (Å²) in [7, 11) is 0. The Kier molecular flexibility index (Phi) is 4.64. The van der Waals surface area contributed by atoms with Crippen LogP contribution in [0.25, 0.3) is 0 Å². The predicted octanol–water partition coefficient (Wildman–Crippen LogP) is 2.37. The molecule has 1 aliphatic heterocycles. The summed E-state index contributed by atoms with van der Waals surface area (Å²) < 4.78 is 36.7. The Balaban J connectivity index is 2.40. The van der Waals surface area contributed by atoms with E-state index in [9.17, 15) is 13.2 Å². The van der Waals surface area contributed by atoms with Crippen LogP contribution in [0.1, 0.15) is 12.8 Å². The highest BCUT2D eigenvalue weighted by Crippen LogP contribution is 2.31. The van der Waals surface area contributed by atoms with Gasteiger partial charge in [-0.1, -0.05) is 18.2 Å². The van der Waals surface area contributed by atoms with Crippen LogP contribution in [0.4, 0.5) is 13.2 Å². The molecule has 1 rings (SSSR count). The van der Waals surface area contributed by atoms with Crippen molar-refractivity contribution in [1.82, 2.24) is 4.90 Å². The standard InChI is InChI=1S/C10H15ClF3NO/c1-7(11)6-15-4-2-8(3-5-15)9(16)10(12,13)14/h8-9,16H,1-6H2. The minimum Gasteiger partial charge on any atom is -0.383 e. The first-order valence-electron chi connectivity index (χ1n) is 5.11. The molecule has 1 N–H and O–H groups in total.